The number of pyridine rings is 1. The van der Waals surface area contributed by atoms with Crippen molar-refractivity contribution in [2.24, 2.45) is 0 Å². The normalized spacial score (nSPS) is 25.1. The highest BCUT2D eigenvalue weighted by molar-refractivity contribution is 5.20. The lowest BCUT2D eigenvalue weighted by molar-refractivity contribution is 0.0993. The Morgan fingerprint density at radius 1 is 1.39 bits per heavy atom. The van der Waals surface area contributed by atoms with Crippen LogP contribution in [0.3, 0.4) is 0 Å². The van der Waals surface area contributed by atoms with E-state index >= 15 is 0 Å². The van der Waals surface area contributed by atoms with Gasteiger partial charge in [-0.1, -0.05) is 0 Å². The zero-order valence-corrected chi connectivity index (χ0v) is 11.0. The Balaban J connectivity index is 1.62. The molecule has 0 bridgehead atoms. The summed E-state index contributed by atoms with van der Waals surface area (Å²) in [5.74, 6) is 0.715. The van der Waals surface area contributed by atoms with Gasteiger partial charge in [-0.15, -0.1) is 0 Å². The lowest BCUT2D eigenvalue weighted by Crippen LogP contribution is -2.49. The van der Waals surface area contributed by atoms with Crippen molar-refractivity contribution in [3.8, 4) is 5.88 Å². The van der Waals surface area contributed by atoms with Gasteiger partial charge in [-0.25, -0.2) is 4.98 Å². The summed E-state index contributed by atoms with van der Waals surface area (Å²) in [6, 6.07) is 4.92. The van der Waals surface area contributed by atoms with E-state index in [-0.39, 0.29) is 0 Å². The molecule has 0 spiro atoms. The Labute approximate surface area is 109 Å². The summed E-state index contributed by atoms with van der Waals surface area (Å²) in [7, 11) is 1.67. The zero-order chi connectivity index (χ0) is 12.4. The van der Waals surface area contributed by atoms with Crippen LogP contribution in [0.2, 0.25) is 0 Å². The fraction of sp³-hybridized carbons (Fsp3) is 0.643. The molecule has 3 rings (SSSR count). The molecule has 2 fully saturated rings. The maximum absolute atomic E-state index is 5.18. The van der Waals surface area contributed by atoms with Crippen LogP contribution in [0.5, 0.6) is 5.88 Å². The predicted octanol–water partition coefficient (Wildman–Crippen LogP) is 1.37. The first-order valence-corrected chi connectivity index (χ1v) is 6.80. The van der Waals surface area contributed by atoms with Crippen molar-refractivity contribution < 1.29 is 4.74 Å². The van der Waals surface area contributed by atoms with Crippen molar-refractivity contribution in [2.75, 3.05) is 33.3 Å². The smallest absolute Gasteiger partial charge is 0.213 e. The van der Waals surface area contributed by atoms with Crippen LogP contribution in [0.15, 0.2) is 18.3 Å². The van der Waals surface area contributed by atoms with Crippen molar-refractivity contribution in [3.63, 3.8) is 0 Å². The minimum atomic E-state index is 0.715. The van der Waals surface area contributed by atoms with E-state index in [2.05, 4.69) is 20.9 Å². The van der Waals surface area contributed by atoms with Crippen molar-refractivity contribution in [3.05, 3.63) is 23.9 Å². The molecule has 0 aliphatic carbocycles. The van der Waals surface area contributed by atoms with Gasteiger partial charge in [-0.2, -0.15) is 0 Å². The van der Waals surface area contributed by atoms with Crippen LogP contribution in [0.1, 0.15) is 18.4 Å². The summed E-state index contributed by atoms with van der Waals surface area (Å²) in [5.41, 5.74) is 1.30. The minimum Gasteiger partial charge on any atom is -0.481 e. The second-order valence-electron chi connectivity index (χ2n) is 5.27. The van der Waals surface area contributed by atoms with Crippen molar-refractivity contribution >= 4 is 0 Å². The standard InChI is InChI=1S/C14H21N3O/c1-18-14-9-12(4-5-15-14)10-16-7-8-17-6-2-3-13(17)11-16/h4-5,9,13H,2-3,6-8,10-11H2,1H3. The number of aromatic nitrogens is 1. The molecule has 0 radical (unpaired) electrons. The van der Waals surface area contributed by atoms with E-state index in [1.807, 2.05) is 12.3 Å². The highest BCUT2D eigenvalue weighted by Gasteiger charge is 2.30. The third-order valence-electron chi connectivity index (χ3n) is 4.09. The van der Waals surface area contributed by atoms with Crippen LogP contribution in [0.25, 0.3) is 0 Å². The summed E-state index contributed by atoms with van der Waals surface area (Å²) in [6.07, 6.45) is 4.58. The maximum Gasteiger partial charge on any atom is 0.213 e. The van der Waals surface area contributed by atoms with Crippen molar-refractivity contribution in [1.29, 1.82) is 0 Å². The van der Waals surface area contributed by atoms with Gasteiger partial charge in [-0.3, -0.25) is 9.80 Å². The van der Waals surface area contributed by atoms with E-state index in [1.165, 1.54) is 44.6 Å². The Morgan fingerprint density at radius 3 is 3.22 bits per heavy atom. The molecule has 1 aromatic heterocycles. The Hall–Kier alpha value is -1.13. The molecule has 0 N–H and O–H groups in total. The number of piperazine rings is 1. The minimum absolute atomic E-state index is 0.715. The van der Waals surface area contributed by atoms with Gasteiger partial charge in [0, 0.05) is 44.5 Å². The van der Waals surface area contributed by atoms with Crippen LogP contribution in [0.4, 0.5) is 0 Å². The van der Waals surface area contributed by atoms with Gasteiger partial charge in [0.05, 0.1) is 7.11 Å². The summed E-state index contributed by atoms with van der Waals surface area (Å²) in [4.78, 5) is 9.35. The number of nitrogens with zero attached hydrogens (tertiary/aromatic N) is 3. The fourth-order valence-corrected chi connectivity index (χ4v) is 3.12. The van der Waals surface area contributed by atoms with Gasteiger partial charge in [0.2, 0.25) is 5.88 Å². The van der Waals surface area contributed by atoms with Crippen LogP contribution in [-0.4, -0.2) is 54.1 Å². The van der Waals surface area contributed by atoms with E-state index in [0.717, 1.165) is 12.6 Å². The summed E-state index contributed by atoms with van der Waals surface area (Å²) in [5, 5.41) is 0. The Bertz CT molecular complexity index is 410. The summed E-state index contributed by atoms with van der Waals surface area (Å²) < 4.78 is 5.18. The van der Waals surface area contributed by atoms with Crippen LogP contribution >= 0.6 is 0 Å². The number of ether oxygens (including phenoxy) is 1. The predicted molar refractivity (Wildman–Crippen MR) is 70.7 cm³/mol. The topological polar surface area (TPSA) is 28.6 Å². The molecular formula is C14H21N3O. The quantitative estimate of drug-likeness (QED) is 0.806. The van der Waals surface area contributed by atoms with Gasteiger partial charge in [-0.05, 0) is 31.0 Å². The monoisotopic (exact) mass is 247 g/mol. The van der Waals surface area contributed by atoms with E-state index in [4.69, 9.17) is 4.74 Å². The molecule has 2 aliphatic rings. The summed E-state index contributed by atoms with van der Waals surface area (Å²) in [6.45, 7) is 5.95. The molecule has 1 unspecified atom stereocenters. The third kappa shape index (κ3) is 2.49. The van der Waals surface area contributed by atoms with Gasteiger partial charge >= 0.3 is 0 Å². The number of hydrogen-bond donors (Lipinski definition) is 0. The van der Waals surface area contributed by atoms with Crippen molar-refractivity contribution in [1.82, 2.24) is 14.8 Å². The lowest BCUT2D eigenvalue weighted by atomic mass is 10.1. The average molecular weight is 247 g/mol. The van der Waals surface area contributed by atoms with Gasteiger partial charge in [0.15, 0.2) is 0 Å². The third-order valence-corrected chi connectivity index (χ3v) is 4.09. The first kappa shape index (κ1) is 11.9. The first-order chi connectivity index (χ1) is 8.85. The molecule has 2 aliphatic heterocycles. The second-order valence-corrected chi connectivity index (χ2v) is 5.27. The SMILES string of the molecule is COc1cc(CN2CCN3CCCC3C2)ccn1. The molecule has 2 saturated heterocycles. The number of fused-ring (bicyclic) bond motifs is 1. The van der Waals surface area contributed by atoms with Crippen LogP contribution in [-0.2, 0) is 6.54 Å². The van der Waals surface area contributed by atoms with Crippen LogP contribution < -0.4 is 4.74 Å². The summed E-state index contributed by atoms with van der Waals surface area (Å²) >= 11 is 0. The maximum atomic E-state index is 5.18. The second kappa shape index (κ2) is 5.24. The Morgan fingerprint density at radius 2 is 2.33 bits per heavy atom. The molecular weight excluding hydrogens is 226 g/mol. The van der Waals surface area contributed by atoms with Gasteiger partial charge in [0.25, 0.3) is 0 Å². The molecule has 18 heavy (non-hydrogen) atoms. The van der Waals surface area contributed by atoms with E-state index in [9.17, 15) is 0 Å². The Kier molecular flexibility index (Phi) is 3.48. The zero-order valence-electron chi connectivity index (χ0n) is 11.0. The molecule has 4 heteroatoms. The molecule has 1 aromatic rings. The molecule has 98 valence electrons. The first-order valence-electron chi connectivity index (χ1n) is 6.80. The van der Waals surface area contributed by atoms with Gasteiger partial charge < -0.3 is 4.74 Å². The molecule has 0 amide bonds. The van der Waals surface area contributed by atoms with E-state index in [1.54, 1.807) is 7.11 Å². The average Bonchev–Trinajstić information content (AvgIpc) is 2.86. The fourth-order valence-electron chi connectivity index (χ4n) is 3.12. The van der Waals surface area contributed by atoms with Crippen molar-refractivity contribution in [2.45, 2.75) is 25.4 Å². The molecule has 1 atom stereocenters. The highest BCUT2D eigenvalue weighted by Crippen LogP contribution is 2.22. The largest absolute Gasteiger partial charge is 0.481 e. The molecule has 0 aromatic carbocycles. The number of methoxy groups -OCH3 is 1. The van der Waals surface area contributed by atoms with E-state index in [0.29, 0.717) is 5.88 Å². The highest BCUT2D eigenvalue weighted by atomic mass is 16.5. The molecule has 4 nitrogen and oxygen atoms in total. The van der Waals surface area contributed by atoms with E-state index < -0.39 is 0 Å². The molecule has 0 saturated carbocycles. The lowest BCUT2D eigenvalue weighted by Gasteiger charge is -2.37. The van der Waals surface area contributed by atoms with Crippen LogP contribution in [0, 0.1) is 0 Å². The molecule has 3 heterocycles. The number of rotatable bonds is 3. The number of hydrogen-bond acceptors (Lipinski definition) is 4. The van der Waals surface area contributed by atoms with Gasteiger partial charge in [0.1, 0.15) is 0 Å².